The molecule has 1 aromatic carbocycles. The third-order valence-corrected chi connectivity index (χ3v) is 3.95. The van der Waals surface area contributed by atoms with Crippen LogP contribution in [-0.4, -0.2) is 18.9 Å². The normalized spacial score (nSPS) is 17.6. The summed E-state index contributed by atoms with van der Waals surface area (Å²) < 4.78 is 0. The molecule has 92 valence electrons. The highest BCUT2D eigenvalue weighted by Crippen LogP contribution is 2.22. The molecule has 0 aliphatic carbocycles. The van der Waals surface area contributed by atoms with Gasteiger partial charge in [-0.15, -0.1) is 0 Å². The second kappa shape index (κ2) is 5.19. The molecular formula is C14H18ClNO. The SMILES string of the molecule is Cc1ccc(CC(=O)C(C)C2CNC2)c(Cl)c1. The van der Waals surface area contributed by atoms with Crippen molar-refractivity contribution in [3.63, 3.8) is 0 Å². The Balaban J connectivity index is 2.02. The van der Waals surface area contributed by atoms with Crippen LogP contribution in [0.25, 0.3) is 0 Å². The molecule has 0 radical (unpaired) electrons. The van der Waals surface area contributed by atoms with Crippen LogP contribution in [0.1, 0.15) is 18.1 Å². The molecule has 1 saturated heterocycles. The van der Waals surface area contributed by atoms with Crippen molar-refractivity contribution >= 4 is 17.4 Å². The van der Waals surface area contributed by atoms with Crippen LogP contribution in [0.15, 0.2) is 18.2 Å². The molecule has 0 spiro atoms. The van der Waals surface area contributed by atoms with E-state index >= 15 is 0 Å². The summed E-state index contributed by atoms with van der Waals surface area (Å²) in [5.74, 6) is 0.933. The van der Waals surface area contributed by atoms with Gasteiger partial charge in [-0.05, 0) is 43.1 Å². The molecule has 1 aliphatic rings. The molecule has 1 unspecified atom stereocenters. The Hall–Kier alpha value is -0.860. The maximum absolute atomic E-state index is 12.1. The molecule has 1 heterocycles. The molecule has 0 saturated carbocycles. The van der Waals surface area contributed by atoms with Gasteiger partial charge in [0.1, 0.15) is 5.78 Å². The lowest BCUT2D eigenvalue weighted by molar-refractivity contribution is -0.123. The van der Waals surface area contributed by atoms with Gasteiger partial charge in [0.05, 0.1) is 0 Å². The molecule has 0 amide bonds. The van der Waals surface area contributed by atoms with Gasteiger partial charge in [-0.2, -0.15) is 0 Å². The Kier molecular flexibility index (Phi) is 3.85. The van der Waals surface area contributed by atoms with Gasteiger partial charge in [0.15, 0.2) is 0 Å². The Morgan fingerprint density at radius 2 is 2.24 bits per heavy atom. The van der Waals surface area contributed by atoms with Gasteiger partial charge >= 0.3 is 0 Å². The maximum atomic E-state index is 12.1. The van der Waals surface area contributed by atoms with E-state index in [0.717, 1.165) is 24.2 Å². The van der Waals surface area contributed by atoms with Crippen LogP contribution >= 0.6 is 11.6 Å². The van der Waals surface area contributed by atoms with E-state index < -0.39 is 0 Å². The van der Waals surface area contributed by atoms with Crippen molar-refractivity contribution in [1.82, 2.24) is 5.32 Å². The van der Waals surface area contributed by atoms with Gasteiger partial charge in [-0.3, -0.25) is 4.79 Å². The number of Topliss-reactive ketones (excluding diaryl/α,β-unsaturated/α-hetero) is 1. The first-order valence-electron chi connectivity index (χ1n) is 6.06. The number of aryl methyl sites for hydroxylation is 1. The van der Waals surface area contributed by atoms with Crippen molar-refractivity contribution in [1.29, 1.82) is 0 Å². The number of nitrogens with one attached hydrogen (secondary N) is 1. The number of carbonyl (C=O) groups excluding carboxylic acids is 1. The molecule has 2 nitrogen and oxygen atoms in total. The monoisotopic (exact) mass is 251 g/mol. The lowest BCUT2D eigenvalue weighted by atomic mass is 9.84. The number of halogens is 1. The van der Waals surface area contributed by atoms with E-state index in [1.165, 1.54) is 0 Å². The molecular weight excluding hydrogens is 234 g/mol. The largest absolute Gasteiger partial charge is 0.316 e. The molecule has 1 fully saturated rings. The molecule has 0 bridgehead atoms. The maximum Gasteiger partial charge on any atom is 0.140 e. The van der Waals surface area contributed by atoms with E-state index in [2.05, 4.69) is 5.32 Å². The topological polar surface area (TPSA) is 29.1 Å². The van der Waals surface area contributed by atoms with Crippen molar-refractivity contribution in [2.75, 3.05) is 13.1 Å². The van der Waals surface area contributed by atoms with Crippen molar-refractivity contribution in [2.45, 2.75) is 20.3 Å². The number of rotatable bonds is 4. The summed E-state index contributed by atoms with van der Waals surface area (Å²) in [6.07, 6.45) is 0.455. The molecule has 2 rings (SSSR count). The van der Waals surface area contributed by atoms with Gasteiger partial charge in [-0.25, -0.2) is 0 Å². The number of ketones is 1. The lowest BCUT2D eigenvalue weighted by Gasteiger charge is -2.31. The number of carbonyl (C=O) groups is 1. The first-order valence-corrected chi connectivity index (χ1v) is 6.44. The van der Waals surface area contributed by atoms with Crippen LogP contribution in [0.4, 0.5) is 0 Å². The van der Waals surface area contributed by atoms with Crippen molar-refractivity contribution < 1.29 is 4.79 Å². The highest BCUT2D eigenvalue weighted by Gasteiger charge is 2.28. The van der Waals surface area contributed by atoms with Crippen molar-refractivity contribution in [3.8, 4) is 0 Å². The Labute approximate surface area is 107 Å². The number of hydrogen-bond acceptors (Lipinski definition) is 2. The first kappa shape index (κ1) is 12.6. The summed E-state index contributed by atoms with van der Waals surface area (Å²) in [7, 11) is 0. The average Bonchev–Trinajstić information content (AvgIpc) is 2.19. The van der Waals surface area contributed by atoms with Crippen LogP contribution in [-0.2, 0) is 11.2 Å². The van der Waals surface area contributed by atoms with Gasteiger partial charge in [0.25, 0.3) is 0 Å². The van der Waals surface area contributed by atoms with Crippen LogP contribution in [0, 0.1) is 18.8 Å². The minimum absolute atomic E-state index is 0.133. The molecule has 1 aromatic rings. The smallest absolute Gasteiger partial charge is 0.140 e. The Morgan fingerprint density at radius 1 is 1.53 bits per heavy atom. The molecule has 1 atom stereocenters. The Morgan fingerprint density at radius 3 is 2.76 bits per heavy atom. The molecule has 0 aromatic heterocycles. The van der Waals surface area contributed by atoms with E-state index in [9.17, 15) is 4.79 Å². The van der Waals surface area contributed by atoms with Gasteiger partial charge < -0.3 is 5.32 Å². The second-order valence-electron chi connectivity index (χ2n) is 4.94. The van der Waals surface area contributed by atoms with E-state index in [0.29, 0.717) is 23.1 Å². The average molecular weight is 252 g/mol. The molecule has 3 heteroatoms. The van der Waals surface area contributed by atoms with E-state index in [-0.39, 0.29) is 5.92 Å². The fourth-order valence-corrected chi connectivity index (χ4v) is 2.37. The summed E-state index contributed by atoms with van der Waals surface area (Å²) in [5.41, 5.74) is 2.07. The lowest BCUT2D eigenvalue weighted by Crippen LogP contribution is -2.47. The summed E-state index contributed by atoms with van der Waals surface area (Å²) in [5, 5.41) is 3.91. The standard InChI is InChI=1S/C14H18ClNO/c1-9-3-4-11(13(15)5-9)6-14(17)10(2)12-7-16-8-12/h3-5,10,12,16H,6-8H2,1-2H3. The van der Waals surface area contributed by atoms with Crippen LogP contribution < -0.4 is 5.32 Å². The second-order valence-corrected chi connectivity index (χ2v) is 5.35. The van der Waals surface area contributed by atoms with E-state index in [1.807, 2.05) is 32.0 Å². The van der Waals surface area contributed by atoms with Gasteiger partial charge in [-0.1, -0.05) is 30.7 Å². The highest BCUT2D eigenvalue weighted by molar-refractivity contribution is 6.31. The summed E-state index contributed by atoms with van der Waals surface area (Å²) in [4.78, 5) is 12.1. The third kappa shape index (κ3) is 2.88. The minimum atomic E-state index is 0.133. The Bertz CT molecular complexity index is 426. The zero-order valence-corrected chi connectivity index (χ0v) is 11.1. The van der Waals surface area contributed by atoms with E-state index in [1.54, 1.807) is 0 Å². The molecule has 17 heavy (non-hydrogen) atoms. The van der Waals surface area contributed by atoms with Gasteiger partial charge in [0.2, 0.25) is 0 Å². The van der Waals surface area contributed by atoms with Crippen LogP contribution in [0.3, 0.4) is 0 Å². The highest BCUT2D eigenvalue weighted by atomic mass is 35.5. The predicted octanol–water partition coefficient (Wildman–Crippen LogP) is 2.62. The number of benzene rings is 1. The van der Waals surface area contributed by atoms with Crippen LogP contribution in [0.5, 0.6) is 0 Å². The summed E-state index contributed by atoms with van der Waals surface area (Å²) in [6, 6.07) is 5.88. The molecule has 1 N–H and O–H groups in total. The minimum Gasteiger partial charge on any atom is -0.316 e. The fraction of sp³-hybridized carbons (Fsp3) is 0.500. The van der Waals surface area contributed by atoms with Crippen molar-refractivity contribution in [3.05, 3.63) is 34.3 Å². The third-order valence-electron chi connectivity index (χ3n) is 3.60. The number of hydrogen-bond donors (Lipinski definition) is 1. The predicted molar refractivity (Wildman–Crippen MR) is 70.4 cm³/mol. The zero-order valence-electron chi connectivity index (χ0n) is 10.3. The molecule has 1 aliphatic heterocycles. The zero-order chi connectivity index (χ0) is 12.4. The fourth-order valence-electron chi connectivity index (χ4n) is 2.07. The summed E-state index contributed by atoms with van der Waals surface area (Å²) in [6.45, 7) is 5.96. The van der Waals surface area contributed by atoms with Crippen LogP contribution in [0.2, 0.25) is 5.02 Å². The van der Waals surface area contributed by atoms with Gasteiger partial charge in [0, 0.05) is 17.4 Å². The first-order chi connectivity index (χ1) is 8.08. The van der Waals surface area contributed by atoms with E-state index in [4.69, 9.17) is 11.6 Å². The van der Waals surface area contributed by atoms with Crippen molar-refractivity contribution in [2.24, 2.45) is 11.8 Å². The summed E-state index contributed by atoms with van der Waals surface area (Å²) >= 11 is 6.14. The quantitative estimate of drug-likeness (QED) is 0.891.